The molecule has 0 radical (unpaired) electrons. The molecule has 1 N–H and O–H groups in total. The number of nitrogens with one attached hydrogen (secondary N) is 1. The van der Waals surface area contributed by atoms with Crippen LogP contribution in [-0.4, -0.2) is 24.1 Å². The van der Waals surface area contributed by atoms with Crippen LogP contribution in [0, 0.1) is 9.39 Å². The first-order valence-corrected chi connectivity index (χ1v) is 7.62. The SMILES string of the molecule is CNc1nc(-c2cc(F)cc(Br)c2)nc(COC)c1I. The molecule has 0 bridgehead atoms. The van der Waals surface area contributed by atoms with Gasteiger partial charge in [-0.1, -0.05) is 15.9 Å². The average molecular weight is 452 g/mol. The van der Waals surface area contributed by atoms with Crippen LogP contribution in [-0.2, 0) is 11.3 Å². The summed E-state index contributed by atoms with van der Waals surface area (Å²) in [6.45, 7) is 0.374. The minimum atomic E-state index is -0.337. The lowest BCUT2D eigenvalue weighted by atomic mass is 10.2. The Morgan fingerprint density at radius 3 is 2.70 bits per heavy atom. The minimum absolute atomic E-state index is 0.337. The van der Waals surface area contributed by atoms with E-state index in [-0.39, 0.29) is 5.82 Å². The predicted molar refractivity (Wildman–Crippen MR) is 88.1 cm³/mol. The highest BCUT2D eigenvalue weighted by Gasteiger charge is 2.13. The molecule has 0 atom stereocenters. The molecule has 20 heavy (non-hydrogen) atoms. The van der Waals surface area contributed by atoms with Crippen LogP contribution in [0.5, 0.6) is 0 Å². The summed E-state index contributed by atoms with van der Waals surface area (Å²) in [7, 11) is 3.39. The fourth-order valence-electron chi connectivity index (χ4n) is 1.70. The van der Waals surface area contributed by atoms with E-state index in [1.54, 1.807) is 20.2 Å². The lowest BCUT2D eigenvalue weighted by molar-refractivity contribution is 0.181. The predicted octanol–water partition coefficient (Wildman–Crippen LogP) is 3.84. The van der Waals surface area contributed by atoms with Crippen LogP contribution in [0.25, 0.3) is 11.4 Å². The third-order valence-corrected chi connectivity index (χ3v) is 4.15. The molecule has 0 amide bonds. The van der Waals surface area contributed by atoms with Crippen LogP contribution in [0.4, 0.5) is 10.2 Å². The highest BCUT2D eigenvalue weighted by Crippen LogP contribution is 2.26. The van der Waals surface area contributed by atoms with Gasteiger partial charge in [-0.05, 0) is 40.8 Å². The van der Waals surface area contributed by atoms with E-state index in [4.69, 9.17) is 4.74 Å². The van der Waals surface area contributed by atoms with Gasteiger partial charge >= 0.3 is 0 Å². The summed E-state index contributed by atoms with van der Waals surface area (Å²) < 4.78 is 20.2. The van der Waals surface area contributed by atoms with Crippen LogP contribution >= 0.6 is 38.5 Å². The standard InChI is InChI=1S/C13H12BrFIN3O/c1-17-13-11(16)10(6-20-2)18-12(19-13)7-3-8(14)5-9(15)4-7/h3-5H,6H2,1-2H3,(H,17,18,19). The maximum Gasteiger partial charge on any atom is 0.162 e. The van der Waals surface area contributed by atoms with E-state index in [0.717, 1.165) is 9.26 Å². The molecular weight excluding hydrogens is 440 g/mol. The Labute approximate surface area is 138 Å². The zero-order valence-corrected chi connectivity index (χ0v) is 14.6. The lowest BCUT2D eigenvalue weighted by Gasteiger charge is -2.11. The van der Waals surface area contributed by atoms with Gasteiger partial charge in [-0.3, -0.25) is 0 Å². The quantitative estimate of drug-likeness (QED) is 0.717. The second-order valence-electron chi connectivity index (χ2n) is 4.00. The molecule has 0 aliphatic rings. The Kier molecular flexibility index (Phi) is 5.28. The van der Waals surface area contributed by atoms with Crippen molar-refractivity contribution in [3.8, 4) is 11.4 Å². The number of halogens is 3. The van der Waals surface area contributed by atoms with E-state index in [9.17, 15) is 4.39 Å². The summed E-state index contributed by atoms with van der Waals surface area (Å²) in [6, 6.07) is 4.58. The van der Waals surface area contributed by atoms with Crippen molar-refractivity contribution in [2.24, 2.45) is 0 Å². The van der Waals surface area contributed by atoms with Gasteiger partial charge < -0.3 is 10.1 Å². The first-order chi connectivity index (χ1) is 9.55. The van der Waals surface area contributed by atoms with Crippen molar-refractivity contribution < 1.29 is 9.13 Å². The van der Waals surface area contributed by atoms with Crippen molar-refractivity contribution in [2.75, 3.05) is 19.5 Å². The molecule has 7 heteroatoms. The van der Waals surface area contributed by atoms with Gasteiger partial charge in [0.1, 0.15) is 11.6 Å². The first kappa shape index (κ1) is 15.6. The van der Waals surface area contributed by atoms with E-state index >= 15 is 0 Å². The van der Waals surface area contributed by atoms with Crippen molar-refractivity contribution in [1.82, 2.24) is 9.97 Å². The number of anilines is 1. The smallest absolute Gasteiger partial charge is 0.162 e. The van der Waals surface area contributed by atoms with Crippen molar-refractivity contribution in [1.29, 1.82) is 0 Å². The summed E-state index contributed by atoms with van der Waals surface area (Å²) in [4.78, 5) is 8.87. The minimum Gasteiger partial charge on any atom is -0.378 e. The zero-order valence-electron chi connectivity index (χ0n) is 10.9. The summed E-state index contributed by atoms with van der Waals surface area (Å²) >= 11 is 5.44. The van der Waals surface area contributed by atoms with Gasteiger partial charge in [-0.25, -0.2) is 14.4 Å². The van der Waals surface area contributed by atoms with Crippen molar-refractivity contribution >= 4 is 44.3 Å². The maximum absolute atomic E-state index is 13.5. The molecule has 0 aliphatic heterocycles. The Morgan fingerprint density at radius 1 is 1.35 bits per heavy atom. The molecular formula is C13H12BrFIN3O. The van der Waals surface area contributed by atoms with Gasteiger partial charge in [0.25, 0.3) is 0 Å². The number of hydrogen-bond donors (Lipinski definition) is 1. The molecule has 0 fully saturated rings. The lowest BCUT2D eigenvalue weighted by Crippen LogP contribution is -2.06. The average Bonchev–Trinajstić information content (AvgIpc) is 2.40. The topological polar surface area (TPSA) is 47.0 Å². The zero-order chi connectivity index (χ0) is 14.7. The van der Waals surface area contributed by atoms with Crippen LogP contribution in [0.2, 0.25) is 0 Å². The Bertz CT molecular complexity index is 619. The van der Waals surface area contributed by atoms with Crippen LogP contribution in [0.3, 0.4) is 0 Å². The number of nitrogens with zero attached hydrogens (tertiary/aromatic N) is 2. The number of ether oxygens (including phenoxy) is 1. The van der Waals surface area contributed by atoms with Gasteiger partial charge in [0, 0.05) is 24.2 Å². The highest BCUT2D eigenvalue weighted by molar-refractivity contribution is 14.1. The molecule has 0 spiro atoms. The number of methoxy groups -OCH3 is 1. The van der Waals surface area contributed by atoms with Crippen molar-refractivity contribution in [3.63, 3.8) is 0 Å². The number of aromatic nitrogens is 2. The normalized spacial score (nSPS) is 10.7. The van der Waals surface area contributed by atoms with E-state index in [1.807, 2.05) is 0 Å². The summed E-state index contributed by atoms with van der Waals surface area (Å²) in [6.07, 6.45) is 0. The molecule has 0 saturated carbocycles. The summed E-state index contributed by atoms with van der Waals surface area (Å²) in [5, 5.41) is 3.01. The molecule has 0 aliphatic carbocycles. The molecule has 1 heterocycles. The molecule has 0 unspecified atom stereocenters. The maximum atomic E-state index is 13.5. The molecule has 0 saturated heterocycles. The highest BCUT2D eigenvalue weighted by atomic mass is 127. The van der Waals surface area contributed by atoms with Gasteiger partial charge in [-0.2, -0.15) is 0 Å². The Hall–Kier alpha value is -0.800. The monoisotopic (exact) mass is 451 g/mol. The van der Waals surface area contributed by atoms with Crippen LogP contribution < -0.4 is 5.32 Å². The van der Waals surface area contributed by atoms with Gasteiger partial charge in [-0.15, -0.1) is 0 Å². The third kappa shape index (κ3) is 3.44. The van der Waals surface area contributed by atoms with Crippen LogP contribution in [0.15, 0.2) is 22.7 Å². The number of hydrogen-bond acceptors (Lipinski definition) is 4. The third-order valence-electron chi connectivity index (χ3n) is 2.56. The molecule has 4 nitrogen and oxygen atoms in total. The molecule has 2 aromatic rings. The number of benzene rings is 1. The van der Waals surface area contributed by atoms with Gasteiger partial charge in [0.2, 0.25) is 0 Å². The van der Waals surface area contributed by atoms with E-state index in [2.05, 4.69) is 53.8 Å². The summed E-state index contributed by atoms with van der Waals surface area (Å²) in [5.74, 6) is 0.820. The van der Waals surface area contributed by atoms with Crippen molar-refractivity contribution in [2.45, 2.75) is 6.61 Å². The fraction of sp³-hybridized carbons (Fsp3) is 0.231. The van der Waals surface area contributed by atoms with Crippen molar-refractivity contribution in [3.05, 3.63) is 37.8 Å². The van der Waals surface area contributed by atoms with Crippen LogP contribution in [0.1, 0.15) is 5.69 Å². The van der Waals surface area contributed by atoms with Gasteiger partial charge in [0.15, 0.2) is 5.82 Å². The second-order valence-corrected chi connectivity index (χ2v) is 5.99. The number of rotatable bonds is 4. The Morgan fingerprint density at radius 2 is 2.10 bits per heavy atom. The van der Waals surface area contributed by atoms with E-state index in [0.29, 0.717) is 28.3 Å². The first-order valence-electron chi connectivity index (χ1n) is 5.74. The molecule has 1 aromatic heterocycles. The molecule has 106 valence electrons. The second kappa shape index (κ2) is 6.77. The van der Waals surface area contributed by atoms with Gasteiger partial charge in [0.05, 0.1) is 15.9 Å². The van der Waals surface area contributed by atoms with E-state index in [1.165, 1.54) is 12.1 Å². The molecule has 2 rings (SSSR count). The summed E-state index contributed by atoms with van der Waals surface area (Å²) in [5.41, 5.74) is 1.38. The molecule has 1 aromatic carbocycles. The fourth-order valence-corrected chi connectivity index (χ4v) is 2.84. The Balaban J connectivity index is 2.58. The largest absolute Gasteiger partial charge is 0.378 e. The van der Waals surface area contributed by atoms with E-state index < -0.39 is 0 Å².